The summed E-state index contributed by atoms with van der Waals surface area (Å²) >= 11 is 0. The molecule has 0 amide bonds. The third-order valence-corrected chi connectivity index (χ3v) is 5.59. The zero-order valence-corrected chi connectivity index (χ0v) is 15.3. The molecule has 128 valence electrons. The molecule has 24 heavy (non-hydrogen) atoms. The second kappa shape index (κ2) is 9.06. The van der Waals surface area contributed by atoms with E-state index in [0.29, 0.717) is 0 Å². The lowest BCUT2D eigenvalue weighted by atomic mass is 9.81. The smallest absolute Gasteiger partial charge is 0.0149 e. The number of aryl methyl sites for hydroxylation is 1. The van der Waals surface area contributed by atoms with E-state index in [1.54, 1.807) is 5.56 Å². The Balaban J connectivity index is 1.72. The Morgan fingerprint density at radius 2 is 1.54 bits per heavy atom. The lowest BCUT2D eigenvalue weighted by Crippen LogP contribution is -2.05. The van der Waals surface area contributed by atoms with E-state index in [2.05, 4.69) is 55.5 Å². The van der Waals surface area contributed by atoms with Crippen LogP contribution in [0.1, 0.15) is 81.8 Å². The highest BCUT2D eigenvalue weighted by molar-refractivity contribution is 5.68. The van der Waals surface area contributed by atoms with E-state index in [1.807, 2.05) is 0 Å². The summed E-state index contributed by atoms with van der Waals surface area (Å²) in [6.45, 7) is 2.28. The maximum absolute atomic E-state index is 2.37. The van der Waals surface area contributed by atoms with Crippen molar-refractivity contribution in [1.29, 1.82) is 0 Å². The van der Waals surface area contributed by atoms with Crippen molar-refractivity contribution in [3.05, 3.63) is 59.7 Å². The van der Waals surface area contributed by atoms with Gasteiger partial charge in [0.25, 0.3) is 0 Å². The van der Waals surface area contributed by atoms with Crippen molar-refractivity contribution in [2.75, 3.05) is 0 Å². The van der Waals surface area contributed by atoms with Crippen molar-refractivity contribution < 1.29 is 0 Å². The van der Waals surface area contributed by atoms with Gasteiger partial charge in [0.2, 0.25) is 0 Å². The minimum atomic E-state index is 0.767. The molecule has 0 nitrogen and oxygen atoms in total. The van der Waals surface area contributed by atoms with Gasteiger partial charge in [-0.3, -0.25) is 0 Å². The first-order valence-corrected chi connectivity index (χ1v) is 10.1. The van der Waals surface area contributed by atoms with Crippen molar-refractivity contribution in [1.82, 2.24) is 0 Å². The normalized spacial score (nSPS) is 15.5. The van der Waals surface area contributed by atoms with Gasteiger partial charge in [-0.25, -0.2) is 0 Å². The zero-order chi connectivity index (χ0) is 16.6. The minimum Gasteiger partial charge on any atom is -0.0654 e. The molecule has 0 aromatic heterocycles. The summed E-state index contributed by atoms with van der Waals surface area (Å²) in [6, 6.07) is 18.5. The standard InChI is InChI=1S/C24H32/c1-2-3-4-6-11-20-16-18-22(19-17-20)24-15-10-9-14-23(24)21-12-7-5-8-13-21/h9-10,14-19,21H,2-8,11-13H2,1H3. The quantitative estimate of drug-likeness (QED) is 0.463. The number of rotatable bonds is 7. The molecule has 1 aliphatic rings. The van der Waals surface area contributed by atoms with E-state index in [4.69, 9.17) is 0 Å². The van der Waals surface area contributed by atoms with Gasteiger partial charge in [-0.15, -0.1) is 0 Å². The van der Waals surface area contributed by atoms with Gasteiger partial charge in [0.05, 0.1) is 0 Å². The van der Waals surface area contributed by atoms with Gasteiger partial charge >= 0.3 is 0 Å². The van der Waals surface area contributed by atoms with Gasteiger partial charge in [0.15, 0.2) is 0 Å². The summed E-state index contributed by atoms with van der Waals surface area (Å²) in [5, 5.41) is 0. The topological polar surface area (TPSA) is 0 Å². The van der Waals surface area contributed by atoms with Crippen LogP contribution in [0, 0.1) is 0 Å². The highest BCUT2D eigenvalue weighted by atomic mass is 14.2. The Morgan fingerprint density at radius 1 is 0.792 bits per heavy atom. The molecular weight excluding hydrogens is 288 g/mol. The summed E-state index contributed by atoms with van der Waals surface area (Å²) < 4.78 is 0. The van der Waals surface area contributed by atoms with Crippen LogP contribution in [0.25, 0.3) is 11.1 Å². The second-order valence-electron chi connectivity index (χ2n) is 7.43. The van der Waals surface area contributed by atoms with Crippen molar-refractivity contribution in [3.63, 3.8) is 0 Å². The van der Waals surface area contributed by atoms with E-state index < -0.39 is 0 Å². The molecule has 0 saturated heterocycles. The van der Waals surface area contributed by atoms with Crippen LogP contribution in [0.15, 0.2) is 48.5 Å². The van der Waals surface area contributed by atoms with Crippen LogP contribution >= 0.6 is 0 Å². The average molecular weight is 321 g/mol. The Hall–Kier alpha value is -1.56. The van der Waals surface area contributed by atoms with Crippen molar-refractivity contribution >= 4 is 0 Å². The van der Waals surface area contributed by atoms with Crippen molar-refractivity contribution in [2.24, 2.45) is 0 Å². The first kappa shape index (κ1) is 17.3. The van der Waals surface area contributed by atoms with Crippen molar-refractivity contribution in [3.8, 4) is 11.1 Å². The number of hydrogen-bond acceptors (Lipinski definition) is 0. The van der Waals surface area contributed by atoms with Crippen LogP contribution in [-0.4, -0.2) is 0 Å². The molecule has 2 aromatic carbocycles. The maximum atomic E-state index is 2.37. The first-order chi connectivity index (χ1) is 11.9. The monoisotopic (exact) mass is 320 g/mol. The molecule has 0 N–H and O–H groups in total. The third kappa shape index (κ3) is 4.50. The molecule has 0 unspecified atom stereocenters. The summed E-state index contributed by atoms with van der Waals surface area (Å²) in [5.41, 5.74) is 5.92. The molecule has 0 spiro atoms. The highest BCUT2D eigenvalue weighted by Crippen LogP contribution is 2.38. The molecule has 3 rings (SSSR count). The number of benzene rings is 2. The molecule has 0 heterocycles. The Labute approximate surface area is 148 Å². The maximum Gasteiger partial charge on any atom is -0.0149 e. The average Bonchev–Trinajstić information content (AvgIpc) is 2.66. The third-order valence-electron chi connectivity index (χ3n) is 5.59. The van der Waals surface area contributed by atoms with E-state index in [-0.39, 0.29) is 0 Å². The lowest BCUT2D eigenvalue weighted by Gasteiger charge is -2.24. The van der Waals surface area contributed by atoms with Crippen LogP contribution in [-0.2, 0) is 6.42 Å². The molecule has 0 bridgehead atoms. The van der Waals surface area contributed by atoms with Crippen LogP contribution < -0.4 is 0 Å². The summed E-state index contributed by atoms with van der Waals surface area (Å²) in [6.07, 6.45) is 13.6. The highest BCUT2D eigenvalue weighted by Gasteiger charge is 2.18. The van der Waals surface area contributed by atoms with E-state index in [0.717, 1.165) is 5.92 Å². The fourth-order valence-electron chi connectivity index (χ4n) is 4.14. The molecule has 1 fully saturated rings. The van der Waals surface area contributed by atoms with Gasteiger partial charge in [-0.2, -0.15) is 0 Å². The Bertz CT molecular complexity index is 602. The molecule has 1 aliphatic carbocycles. The van der Waals surface area contributed by atoms with Gasteiger partial charge < -0.3 is 0 Å². The molecule has 2 aromatic rings. The fraction of sp³-hybridized carbons (Fsp3) is 0.500. The fourth-order valence-corrected chi connectivity index (χ4v) is 4.14. The van der Waals surface area contributed by atoms with Crippen LogP contribution in [0.4, 0.5) is 0 Å². The SMILES string of the molecule is CCCCCCc1ccc(-c2ccccc2C2CCCCC2)cc1. The van der Waals surface area contributed by atoms with E-state index in [9.17, 15) is 0 Å². The number of hydrogen-bond donors (Lipinski definition) is 0. The van der Waals surface area contributed by atoms with Crippen LogP contribution in [0.5, 0.6) is 0 Å². The first-order valence-electron chi connectivity index (χ1n) is 10.1. The van der Waals surface area contributed by atoms with Crippen molar-refractivity contribution in [2.45, 2.75) is 77.0 Å². The largest absolute Gasteiger partial charge is 0.0654 e. The molecule has 0 atom stereocenters. The summed E-state index contributed by atoms with van der Waals surface area (Å²) in [7, 11) is 0. The van der Waals surface area contributed by atoms with Gasteiger partial charge in [0.1, 0.15) is 0 Å². The molecule has 0 aliphatic heterocycles. The predicted molar refractivity (Wildman–Crippen MR) is 106 cm³/mol. The molecule has 0 radical (unpaired) electrons. The van der Waals surface area contributed by atoms with Gasteiger partial charge in [-0.05, 0) is 53.9 Å². The minimum absolute atomic E-state index is 0.767. The van der Waals surface area contributed by atoms with Gasteiger partial charge in [0, 0.05) is 0 Å². The van der Waals surface area contributed by atoms with Crippen LogP contribution in [0.3, 0.4) is 0 Å². The van der Waals surface area contributed by atoms with Crippen LogP contribution in [0.2, 0.25) is 0 Å². The summed E-state index contributed by atoms with van der Waals surface area (Å²) in [4.78, 5) is 0. The second-order valence-corrected chi connectivity index (χ2v) is 7.43. The number of unbranched alkanes of at least 4 members (excludes halogenated alkanes) is 3. The summed E-state index contributed by atoms with van der Waals surface area (Å²) in [5.74, 6) is 0.767. The Morgan fingerprint density at radius 3 is 2.29 bits per heavy atom. The van der Waals surface area contributed by atoms with Gasteiger partial charge in [-0.1, -0.05) is 94.0 Å². The lowest BCUT2D eigenvalue weighted by molar-refractivity contribution is 0.444. The molecule has 0 heteroatoms. The van der Waals surface area contributed by atoms with E-state index >= 15 is 0 Å². The predicted octanol–water partition coefficient (Wildman–Crippen LogP) is 7.52. The zero-order valence-electron chi connectivity index (χ0n) is 15.3. The molecule has 1 saturated carbocycles. The molecular formula is C24H32. The van der Waals surface area contributed by atoms with E-state index in [1.165, 1.54) is 80.9 Å². The Kier molecular flexibility index (Phi) is 6.52.